The summed E-state index contributed by atoms with van der Waals surface area (Å²) in [7, 11) is 1.62. The van der Waals surface area contributed by atoms with Crippen molar-refractivity contribution in [2.24, 2.45) is 0 Å². The first-order valence-electron chi connectivity index (χ1n) is 8.55. The highest BCUT2D eigenvalue weighted by molar-refractivity contribution is 7.20. The molecule has 0 saturated heterocycles. The fourth-order valence-corrected chi connectivity index (χ4v) is 4.03. The van der Waals surface area contributed by atoms with Gasteiger partial charge in [0, 0.05) is 7.05 Å². The molecule has 0 fully saturated rings. The van der Waals surface area contributed by atoms with Crippen LogP contribution >= 0.6 is 11.3 Å². The van der Waals surface area contributed by atoms with Crippen molar-refractivity contribution in [3.63, 3.8) is 0 Å². The van der Waals surface area contributed by atoms with Crippen LogP contribution in [0.1, 0.15) is 33.8 Å². The van der Waals surface area contributed by atoms with Crippen LogP contribution in [-0.4, -0.2) is 46.1 Å². The lowest BCUT2D eigenvalue weighted by Crippen LogP contribution is -2.31. The van der Waals surface area contributed by atoms with E-state index < -0.39 is 6.10 Å². The molecule has 0 spiro atoms. The smallest absolute Gasteiger partial charge is 0.264 e. The van der Waals surface area contributed by atoms with E-state index in [9.17, 15) is 14.7 Å². The number of carbonyl (C=O) groups is 1. The molecule has 3 rings (SSSR count). The average Bonchev–Trinajstić information content (AvgIpc) is 2.99. The Labute approximate surface area is 160 Å². The fourth-order valence-electron chi connectivity index (χ4n) is 2.88. The van der Waals surface area contributed by atoms with E-state index in [1.165, 1.54) is 22.6 Å². The third-order valence-corrected chi connectivity index (χ3v) is 5.46. The van der Waals surface area contributed by atoms with E-state index in [1.807, 2.05) is 13.0 Å². The van der Waals surface area contributed by atoms with Gasteiger partial charge in [-0.3, -0.25) is 9.59 Å². The molecule has 27 heavy (non-hydrogen) atoms. The molecule has 0 aliphatic carbocycles. The van der Waals surface area contributed by atoms with Crippen LogP contribution in [0.2, 0.25) is 0 Å². The van der Waals surface area contributed by atoms with Gasteiger partial charge < -0.3 is 19.7 Å². The number of hydrogen-bond acceptors (Lipinski definition) is 6. The number of H-pyrrole nitrogens is 1. The number of carbonyl (C=O) groups excluding carboxylic acids is 1. The molecular weight excluding hydrogens is 366 g/mol. The molecule has 2 N–H and O–H groups in total. The molecule has 0 aliphatic heterocycles. The predicted octanol–water partition coefficient (Wildman–Crippen LogP) is 2.50. The van der Waals surface area contributed by atoms with Crippen LogP contribution in [0.5, 0.6) is 5.75 Å². The van der Waals surface area contributed by atoms with Gasteiger partial charge in [-0.15, -0.1) is 11.3 Å². The molecule has 2 aromatic heterocycles. The summed E-state index contributed by atoms with van der Waals surface area (Å²) in [5, 5.41) is 11.0. The molecule has 0 saturated carbocycles. The van der Waals surface area contributed by atoms with E-state index in [4.69, 9.17) is 4.74 Å². The summed E-state index contributed by atoms with van der Waals surface area (Å²) in [5.74, 6) is 0.420. The topological polar surface area (TPSA) is 95.5 Å². The number of aryl methyl sites for hydroxylation is 1. The maximum atomic E-state index is 12.8. The maximum absolute atomic E-state index is 12.8. The van der Waals surface area contributed by atoms with Gasteiger partial charge >= 0.3 is 0 Å². The van der Waals surface area contributed by atoms with Crippen LogP contribution in [0.15, 0.2) is 35.4 Å². The fraction of sp³-hybridized carbons (Fsp3) is 0.316. The van der Waals surface area contributed by atoms with Gasteiger partial charge in [0.2, 0.25) is 0 Å². The van der Waals surface area contributed by atoms with Crippen molar-refractivity contribution < 1.29 is 14.6 Å². The van der Waals surface area contributed by atoms with Gasteiger partial charge in [-0.05, 0) is 37.1 Å². The summed E-state index contributed by atoms with van der Waals surface area (Å²) in [6.45, 7) is 4.28. The minimum absolute atomic E-state index is 0.117. The normalized spacial score (nSPS) is 12.1. The quantitative estimate of drug-likeness (QED) is 0.678. The number of aromatic amines is 1. The van der Waals surface area contributed by atoms with E-state index in [0.29, 0.717) is 38.6 Å². The zero-order valence-electron chi connectivity index (χ0n) is 15.4. The number of amides is 1. The van der Waals surface area contributed by atoms with E-state index >= 15 is 0 Å². The molecule has 0 bridgehead atoms. The molecule has 3 aromatic rings. The van der Waals surface area contributed by atoms with Gasteiger partial charge in [-0.2, -0.15) is 0 Å². The van der Waals surface area contributed by atoms with Gasteiger partial charge in [-0.25, -0.2) is 4.98 Å². The minimum atomic E-state index is -0.851. The molecule has 8 heteroatoms. The number of nitrogens with zero attached hydrogens (tertiary/aromatic N) is 2. The highest BCUT2D eigenvalue weighted by atomic mass is 32.1. The van der Waals surface area contributed by atoms with Crippen LogP contribution < -0.4 is 10.3 Å². The summed E-state index contributed by atoms with van der Waals surface area (Å²) in [6.07, 6.45) is 0.476. The molecule has 1 atom stereocenters. The Bertz CT molecular complexity index is 1030. The number of aromatic nitrogens is 2. The maximum Gasteiger partial charge on any atom is 0.264 e. The van der Waals surface area contributed by atoms with Crippen LogP contribution in [0.4, 0.5) is 0 Å². The molecule has 142 valence electrons. The zero-order chi connectivity index (χ0) is 19.6. The Kier molecular flexibility index (Phi) is 5.57. The van der Waals surface area contributed by atoms with Gasteiger partial charge in [0.05, 0.1) is 35.8 Å². The van der Waals surface area contributed by atoms with Crippen molar-refractivity contribution in [1.29, 1.82) is 0 Å². The summed E-state index contributed by atoms with van der Waals surface area (Å²) < 4.78 is 5.45. The molecule has 1 aromatic carbocycles. The Balaban J connectivity index is 1.80. The minimum Gasteiger partial charge on any atom is -0.494 e. The number of thiophene rings is 1. The SMILES string of the molecule is CCOc1cccc([C@H](O)CN(C)C(=O)c2sc3nc[nH]c(=O)c3c2C)c1. The standard InChI is InChI=1S/C19H21N3O4S/c1-4-26-13-7-5-6-12(8-13)14(23)9-22(3)19(25)16-11(2)15-17(24)20-10-21-18(15)27-16/h5-8,10,14,23H,4,9H2,1-3H3,(H,20,21,24)/t14-/m1/s1. The van der Waals surface area contributed by atoms with Gasteiger partial charge in [0.1, 0.15) is 10.6 Å². The highest BCUT2D eigenvalue weighted by Crippen LogP contribution is 2.28. The first-order valence-corrected chi connectivity index (χ1v) is 9.37. The van der Waals surface area contributed by atoms with E-state index in [0.717, 1.165) is 0 Å². The molecule has 1 amide bonds. The first kappa shape index (κ1) is 19.1. The summed E-state index contributed by atoms with van der Waals surface area (Å²) in [6, 6.07) is 7.18. The van der Waals surface area contributed by atoms with Crippen molar-refractivity contribution in [1.82, 2.24) is 14.9 Å². The van der Waals surface area contributed by atoms with Crippen molar-refractivity contribution in [2.45, 2.75) is 20.0 Å². The Morgan fingerprint density at radius 3 is 2.93 bits per heavy atom. The Morgan fingerprint density at radius 2 is 2.22 bits per heavy atom. The van der Waals surface area contributed by atoms with Crippen LogP contribution in [-0.2, 0) is 0 Å². The van der Waals surface area contributed by atoms with E-state index in [2.05, 4.69) is 9.97 Å². The second kappa shape index (κ2) is 7.89. The number of ether oxygens (including phenoxy) is 1. The third-order valence-electron chi connectivity index (χ3n) is 4.27. The lowest BCUT2D eigenvalue weighted by atomic mass is 10.1. The second-order valence-corrected chi connectivity index (χ2v) is 7.17. The van der Waals surface area contributed by atoms with Crippen molar-refractivity contribution >= 4 is 27.5 Å². The van der Waals surface area contributed by atoms with Crippen molar-refractivity contribution in [3.05, 3.63) is 57.0 Å². The lowest BCUT2D eigenvalue weighted by Gasteiger charge is -2.21. The monoisotopic (exact) mass is 387 g/mol. The van der Waals surface area contributed by atoms with Crippen molar-refractivity contribution in [3.8, 4) is 5.75 Å². The second-order valence-electron chi connectivity index (χ2n) is 6.17. The number of rotatable bonds is 6. The van der Waals surface area contributed by atoms with Gasteiger partial charge in [0.25, 0.3) is 11.5 Å². The number of nitrogens with one attached hydrogen (secondary N) is 1. The van der Waals surface area contributed by atoms with Gasteiger partial charge in [0.15, 0.2) is 0 Å². The number of aliphatic hydroxyl groups excluding tert-OH is 1. The number of aliphatic hydroxyl groups is 1. The molecule has 0 unspecified atom stereocenters. The number of benzene rings is 1. The number of hydrogen-bond donors (Lipinski definition) is 2. The summed E-state index contributed by atoms with van der Waals surface area (Å²) >= 11 is 1.18. The number of likely N-dealkylation sites (N-methyl/N-ethyl adjacent to an activating group) is 1. The third kappa shape index (κ3) is 3.86. The highest BCUT2D eigenvalue weighted by Gasteiger charge is 2.23. The van der Waals surface area contributed by atoms with Crippen LogP contribution in [0.25, 0.3) is 10.2 Å². The van der Waals surface area contributed by atoms with E-state index in [-0.39, 0.29) is 18.0 Å². The van der Waals surface area contributed by atoms with Crippen LogP contribution in [0, 0.1) is 6.92 Å². The molecular formula is C19H21N3O4S. The Morgan fingerprint density at radius 1 is 1.44 bits per heavy atom. The molecule has 2 heterocycles. The zero-order valence-corrected chi connectivity index (χ0v) is 16.2. The first-order chi connectivity index (χ1) is 12.9. The molecule has 0 aliphatic rings. The molecule has 0 radical (unpaired) electrons. The Hall–Kier alpha value is -2.71. The summed E-state index contributed by atoms with van der Waals surface area (Å²) in [5.41, 5.74) is 1.02. The molecule has 7 nitrogen and oxygen atoms in total. The largest absolute Gasteiger partial charge is 0.494 e. The lowest BCUT2D eigenvalue weighted by molar-refractivity contribution is 0.0684. The average molecular weight is 387 g/mol. The van der Waals surface area contributed by atoms with Gasteiger partial charge in [-0.1, -0.05) is 12.1 Å². The summed E-state index contributed by atoms with van der Waals surface area (Å²) in [4.78, 5) is 33.9. The van der Waals surface area contributed by atoms with Crippen molar-refractivity contribution in [2.75, 3.05) is 20.2 Å². The van der Waals surface area contributed by atoms with Crippen LogP contribution in [0.3, 0.4) is 0 Å². The number of fused-ring (bicyclic) bond motifs is 1. The van der Waals surface area contributed by atoms with E-state index in [1.54, 1.807) is 32.2 Å². The predicted molar refractivity (Wildman–Crippen MR) is 105 cm³/mol.